The number of fused-ring (bicyclic) bond motifs is 1. The van der Waals surface area contributed by atoms with Crippen LogP contribution in [0.25, 0.3) is 22.4 Å². The van der Waals surface area contributed by atoms with Crippen molar-refractivity contribution in [3.63, 3.8) is 0 Å². The lowest BCUT2D eigenvalue weighted by Crippen LogP contribution is -2.29. The number of nitrogens with zero attached hydrogens (tertiary/aromatic N) is 3. The van der Waals surface area contributed by atoms with Crippen LogP contribution < -0.4 is 10.1 Å². The second-order valence-corrected chi connectivity index (χ2v) is 7.69. The topological polar surface area (TPSA) is 93.6 Å². The van der Waals surface area contributed by atoms with Gasteiger partial charge >= 0.3 is 12.1 Å². The average molecular weight is 474 g/mol. The van der Waals surface area contributed by atoms with Crippen molar-refractivity contribution in [1.82, 2.24) is 20.4 Å². The van der Waals surface area contributed by atoms with E-state index in [0.717, 1.165) is 10.9 Å². The van der Waals surface area contributed by atoms with E-state index in [1.807, 2.05) is 43.3 Å². The third kappa shape index (κ3) is 5.20. The number of alkyl halides is 3. The van der Waals surface area contributed by atoms with Gasteiger partial charge in [0.25, 0.3) is 5.91 Å². The third-order valence-corrected chi connectivity index (χ3v) is 4.82. The monoisotopic (exact) mass is 474 g/mol. The smallest absolute Gasteiger partial charge is 0.471 e. The van der Waals surface area contributed by atoms with Crippen molar-refractivity contribution in [2.24, 2.45) is 0 Å². The number of amides is 1. The van der Waals surface area contributed by atoms with Crippen molar-refractivity contribution in [3.05, 3.63) is 65.7 Å². The van der Waals surface area contributed by atoms with Crippen molar-refractivity contribution in [3.8, 4) is 17.1 Å². The van der Waals surface area contributed by atoms with Gasteiger partial charge in [-0.1, -0.05) is 23.4 Å². The maximum absolute atomic E-state index is 12.7. The lowest BCUT2D eigenvalue weighted by atomic mass is 10.1. The minimum atomic E-state index is -4.70. The van der Waals surface area contributed by atoms with E-state index < -0.39 is 12.1 Å². The fourth-order valence-corrected chi connectivity index (χ4v) is 3.33. The van der Waals surface area contributed by atoms with Crippen LogP contribution in [0.4, 0.5) is 13.2 Å². The van der Waals surface area contributed by atoms with E-state index in [2.05, 4.69) is 20.0 Å². The standard InChI is InChI=1S/C23H21F3N4O4/c1-30(2)13-17-16-5-3-4-6-18(16)33-19(17)21(31)27-11-12-32-15-9-7-14(8-10-15)20-28-22(34-29-20)23(24,25)26/h3-10H,11-13H2,1-2H3,(H,27,31). The number of carbonyl (C=O) groups excluding carboxylic acids is 1. The molecule has 4 aromatic rings. The Bertz CT molecular complexity index is 1280. The van der Waals surface area contributed by atoms with Crippen LogP contribution in [0.3, 0.4) is 0 Å². The fraction of sp³-hybridized carbons (Fsp3) is 0.261. The van der Waals surface area contributed by atoms with Crippen LogP contribution in [0, 0.1) is 0 Å². The third-order valence-electron chi connectivity index (χ3n) is 4.82. The molecule has 2 aromatic heterocycles. The second kappa shape index (κ2) is 9.56. The summed E-state index contributed by atoms with van der Waals surface area (Å²) in [4.78, 5) is 18.0. The van der Waals surface area contributed by atoms with Crippen molar-refractivity contribution >= 4 is 16.9 Å². The van der Waals surface area contributed by atoms with E-state index in [1.165, 1.54) is 12.1 Å². The van der Waals surface area contributed by atoms with Gasteiger partial charge in [-0.05, 0) is 44.4 Å². The normalized spacial score (nSPS) is 11.8. The predicted octanol–water partition coefficient (Wildman–Crippen LogP) is 4.37. The number of benzene rings is 2. The van der Waals surface area contributed by atoms with E-state index in [1.54, 1.807) is 12.1 Å². The summed E-state index contributed by atoms with van der Waals surface area (Å²) in [6.07, 6.45) is -4.70. The number of rotatable bonds is 8. The van der Waals surface area contributed by atoms with Gasteiger partial charge in [0.2, 0.25) is 5.82 Å². The van der Waals surface area contributed by atoms with Crippen LogP contribution in [0.2, 0.25) is 0 Å². The predicted molar refractivity (Wildman–Crippen MR) is 116 cm³/mol. The molecule has 1 amide bonds. The molecule has 0 aliphatic carbocycles. The highest BCUT2D eigenvalue weighted by Crippen LogP contribution is 2.30. The van der Waals surface area contributed by atoms with E-state index >= 15 is 0 Å². The Balaban J connectivity index is 1.33. The molecule has 0 radical (unpaired) electrons. The number of hydrogen-bond donors (Lipinski definition) is 1. The van der Waals surface area contributed by atoms with Crippen LogP contribution >= 0.6 is 0 Å². The summed E-state index contributed by atoms with van der Waals surface area (Å²) in [6.45, 7) is 0.945. The lowest BCUT2D eigenvalue weighted by Gasteiger charge is -2.11. The molecule has 0 saturated heterocycles. The Morgan fingerprint density at radius 3 is 2.53 bits per heavy atom. The summed E-state index contributed by atoms with van der Waals surface area (Å²) in [5, 5.41) is 7.01. The lowest BCUT2D eigenvalue weighted by molar-refractivity contribution is -0.159. The summed E-state index contributed by atoms with van der Waals surface area (Å²) in [6, 6.07) is 13.6. The summed E-state index contributed by atoms with van der Waals surface area (Å²) in [7, 11) is 3.83. The minimum absolute atomic E-state index is 0.175. The number of ether oxygens (including phenoxy) is 1. The molecule has 0 unspecified atom stereocenters. The Labute approximate surface area is 192 Å². The maximum atomic E-state index is 12.7. The molecule has 0 aliphatic rings. The van der Waals surface area contributed by atoms with Crippen LogP contribution in [0.15, 0.2) is 57.5 Å². The molecule has 1 N–H and O–H groups in total. The van der Waals surface area contributed by atoms with Crippen molar-refractivity contribution in [1.29, 1.82) is 0 Å². The summed E-state index contributed by atoms with van der Waals surface area (Å²) < 4.78 is 53.4. The Kier molecular flexibility index (Phi) is 6.55. The SMILES string of the molecule is CN(C)Cc1c(C(=O)NCCOc2ccc(-c3noc(C(F)(F)F)n3)cc2)oc2ccccc12. The average Bonchev–Trinajstić information content (AvgIpc) is 3.43. The Hall–Kier alpha value is -3.86. The Morgan fingerprint density at radius 2 is 1.85 bits per heavy atom. The number of furan rings is 1. The quantitative estimate of drug-likeness (QED) is 0.379. The fourth-order valence-electron chi connectivity index (χ4n) is 3.33. The molecule has 0 spiro atoms. The minimum Gasteiger partial charge on any atom is -0.492 e. The number of aromatic nitrogens is 2. The second-order valence-electron chi connectivity index (χ2n) is 7.69. The van der Waals surface area contributed by atoms with E-state index in [-0.39, 0.29) is 30.6 Å². The van der Waals surface area contributed by atoms with Gasteiger partial charge in [-0.25, -0.2) is 0 Å². The molecule has 2 aromatic carbocycles. The van der Waals surface area contributed by atoms with Crippen LogP contribution in [-0.2, 0) is 12.7 Å². The molecule has 11 heteroatoms. The van der Waals surface area contributed by atoms with Gasteiger partial charge in [0.1, 0.15) is 17.9 Å². The first-order valence-corrected chi connectivity index (χ1v) is 10.3. The first kappa shape index (κ1) is 23.3. The number of hydrogen-bond acceptors (Lipinski definition) is 7. The van der Waals surface area contributed by atoms with E-state index in [0.29, 0.717) is 23.4 Å². The van der Waals surface area contributed by atoms with Gasteiger partial charge < -0.3 is 23.9 Å². The Morgan fingerprint density at radius 1 is 1.12 bits per heavy atom. The molecular weight excluding hydrogens is 453 g/mol. The molecule has 0 saturated carbocycles. The van der Waals surface area contributed by atoms with Crippen molar-refractivity contribution < 1.29 is 31.6 Å². The van der Waals surface area contributed by atoms with Crippen LogP contribution in [-0.4, -0.2) is 48.2 Å². The maximum Gasteiger partial charge on any atom is 0.471 e. The number of halogens is 3. The van der Waals surface area contributed by atoms with E-state index in [9.17, 15) is 18.0 Å². The van der Waals surface area contributed by atoms with Gasteiger partial charge in [-0.15, -0.1) is 0 Å². The summed E-state index contributed by atoms with van der Waals surface area (Å²) in [5.41, 5.74) is 1.80. The van der Waals surface area contributed by atoms with Gasteiger partial charge in [0.05, 0.1) is 6.54 Å². The first-order valence-electron chi connectivity index (χ1n) is 10.3. The summed E-state index contributed by atoms with van der Waals surface area (Å²) >= 11 is 0. The van der Waals surface area contributed by atoms with Crippen molar-refractivity contribution in [2.75, 3.05) is 27.2 Å². The molecule has 178 valence electrons. The molecule has 2 heterocycles. The molecule has 8 nitrogen and oxygen atoms in total. The van der Waals surface area contributed by atoms with E-state index in [4.69, 9.17) is 9.15 Å². The molecule has 4 rings (SSSR count). The zero-order chi connectivity index (χ0) is 24.3. The zero-order valence-corrected chi connectivity index (χ0v) is 18.3. The van der Waals surface area contributed by atoms with Gasteiger partial charge in [-0.3, -0.25) is 4.79 Å². The molecular formula is C23H21F3N4O4. The number of carbonyl (C=O) groups is 1. The van der Waals surface area contributed by atoms with Gasteiger partial charge in [-0.2, -0.15) is 18.2 Å². The zero-order valence-electron chi connectivity index (χ0n) is 18.3. The summed E-state index contributed by atoms with van der Waals surface area (Å²) in [5.74, 6) is -1.20. The van der Waals surface area contributed by atoms with Crippen molar-refractivity contribution in [2.45, 2.75) is 12.7 Å². The molecule has 0 bridgehead atoms. The molecule has 0 atom stereocenters. The van der Waals surface area contributed by atoms with Gasteiger partial charge in [0.15, 0.2) is 5.76 Å². The molecule has 0 fully saturated rings. The molecule has 34 heavy (non-hydrogen) atoms. The highest BCUT2D eigenvalue weighted by molar-refractivity contribution is 5.99. The molecule has 0 aliphatic heterocycles. The van der Waals surface area contributed by atoms with Crippen LogP contribution in [0.5, 0.6) is 5.75 Å². The number of nitrogens with one attached hydrogen (secondary N) is 1. The van der Waals surface area contributed by atoms with Gasteiger partial charge in [0, 0.05) is 23.1 Å². The number of para-hydroxylation sites is 1. The largest absolute Gasteiger partial charge is 0.492 e. The first-order chi connectivity index (χ1) is 16.2. The van der Waals surface area contributed by atoms with Crippen LogP contribution in [0.1, 0.15) is 22.0 Å². The highest BCUT2D eigenvalue weighted by atomic mass is 19.4. The highest BCUT2D eigenvalue weighted by Gasteiger charge is 2.38.